The molecule has 118 valence electrons. The van der Waals surface area contributed by atoms with Gasteiger partial charge in [-0.25, -0.2) is 9.59 Å². The molecule has 0 bridgehead atoms. The molecule has 1 amide bonds. The lowest BCUT2D eigenvalue weighted by molar-refractivity contribution is -0.142. The molecule has 0 unspecified atom stereocenters. The lowest BCUT2D eigenvalue weighted by atomic mass is 10.2. The van der Waals surface area contributed by atoms with E-state index < -0.39 is 31.3 Å². The molecule has 1 N–H and O–H groups in total. The lowest BCUT2D eigenvalue weighted by Gasteiger charge is -2.24. The minimum absolute atomic E-state index is 0.355. The van der Waals surface area contributed by atoms with Crippen LogP contribution in [0.15, 0.2) is 0 Å². The maximum absolute atomic E-state index is 12.0. The van der Waals surface area contributed by atoms with Gasteiger partial charge in [0.2, 0.25) is 0 Å². The first-order valence-corrected chi connectivity index (χ1v) is 7.57. The number of hydrogen-bond donors (Lipinski definition) is 1. The van der Waals surface area contributed by atoms with Gasteiger partial charge in [-0.2, -0.15) is 0 Å². The molecule has 0 fully saturated rings. The van der Waals surface area contributed by atoms with Crippen LogP contribution in [0.5, 0.6) is 0 Å². The van der Waals surface area contributed by atoms with E-state index in [-0.39, 0.29) is 6.16 Å². The van der Waals surface area contributed by atoms with Crippen LogP contribution in [-0.4, -0.2) is 51.2 Å². The Bertz CT molecular complexity index is 383. The van der Waals surface area contributed by atoms with Crippen LogP contribution in [0.2, 0.25) is 0 Å². The highest BCUT2D eigenvalue weighted by molar-refractivity contribution is 7.53. The molecular formula is C11H22NO7P. The van der Waals surface area contributed by atoms with Crippen molar-refractivity contribution >= 4 is 19.7 Å². The molecule has 0 spiro atoms. The summed E-state index contributed by atoms with van der Waals surface area (Å²) in [5.41, 5.74) is -0.725. The molecule has 9 heteroatoms. The Hall–Kier alpha value is -1.11. The average Bonchev–Trinajstić information content (AvgIpc) is 2.34. The van der Waals surface area contributed by atoms with Gasteiger partial charge in [0.25, 0.3) is 0 Å². The number of methoxy groups -OCH3 is 1. The molecule has 0 aliphatic carbocycles. The topological polar surface area (TPSA) is 100 Å². The second-order valence-corrected chi connectivity index (χ2v) is 7.20. The van der Waals surface area contributed by atoms with E-state index in [2.05, 4.69) is 10.1 Å². The van der Waals surface area contributed by atoms with Crippen LogP contribution >= 0.6 is 7.60 Å². The molecule has 0 aromatic rings. The van der Waals surface area contributed by atoms with Crippen molar-refractivity contribution in [2.45, 2.75) is 32.4 Å². The number of esters is 1. The first kappa shape index (κ1) is 18.9. The molecule has 0 aromatic carbocycles. The van der Waals surface area contributed by atoms with E-state index in [9.17, 15) is 14.2 Å². The SMILES string of the molecule is COC(=O)[C@H](CP(=O)(OC)OC)NC(=O)OC(C)(C)C. The first-order valence-electron chi connectivity index (χ1n) is 5.84. The Balaban J connectivity index is 4.88. The van der Waals surface area contributed by atoms with Crippen molar-refractivity contribution in [3.05, 3.63) is 0 Å². The van der Waals surface area contributed by atoms with Crippen LogP contribution in [0.4, 0.5) is 4.79 Å². The van der Waals surface area contributed by atoms with Crippen LogP contribution < -0.4 is 5.32 Å². The van der Waals surface area contributed by atoms with Crippen molar-refractivity contribution in [2.24, 2.45) is 0 Å². The minimum atomic E-state index is -3.48. The van der Waals surface area contributed by atoms with Crippen LogP contribution in [-0.2, 0) is 27.9 Å². The summed E-state index contributed by atoms with van der Waals surface area (Å²) in [6, 6.07) is -1.19. The Labute approximate surface area is 118 Å². The molecule has 0 aliphatic heterocycles. The fraction of sp³-hybridized carbons (Fsp3) is 0.818. The number of carbonyl (C=O) groups is 2. The van der Waals surface area contributed by atoms with E-state index in [1.165, 1.54) is 14.2 Å². The van der Waals surface area contributed by atoms with E-state index in [1.807, 2.05) is 0 Å². The highest BCUT2D eigenvalue weighted by Gasteiger charge is 2.34. The highest BCUT2D eigenvalue weighted by Crippen LogP contribution is 2.46. The number of alkyl carbamates (subject to hydrolysis) is 1. The van der Waals surface area contributed by atoms with E-state index in [0.29, 0.717) is 0 Å². The summed E-state index contributed by atoms with van der Waals surface area (Å²) in [5, 5.41) is 2.28. The second kappa shape index (κ2) is 7.61. The zero-order valence-electron chi connectivity index (χ0n) is 12.6. The van der Waals surface area contributed by atoms with Gasteiger partial charge in [0.15, 0.2) is 0 Å². The monoisotopic (exact) mass is 311 g/mol. The van der Waals surface area contributed by atoms with Crippen LogP contribution in [0.25, 0.3) is 0 Å². The van der Waals surface area contributed by atoms with Crippen molar-refractivity contribution < 1.29 is 32.7 Å². The fourth-order valence-corrected chi connectivity index (χ4v) is 2.35. The van der Waals surface area contributed by atoms with Gasteiger partial charge in [-0.15, -0.1) is 0 Å². The summed E-state index contributed by atoms with van der Waals surface area (Å²) in [7, 11) is 0.0398. The number of ether oxygens (including phenoxy) is 2. The quantitative estimate of drug-likeness (QED) is 0.586. The molecule has 0 rings (SSSR count). The second-order valence-electron chi connectivity index (χ2n) is 4.88. The molecule has 0 heterocycles. The summed E-state index contributed by atoms with van der Waals surface area (Å²) < 4.78 is 31.0. The van der Waals surface area contributed by atoms with E-state index in [0.717, 1.165) is 7.11 Å². The average molecular weight is 311 g/mol. The molecule has 0 saturated heterocycles. The molecule has 1 atom stereocenters. The predicted octanol–water partition coefficient (Wildman–Crippen LogP) is 1.54. The van der Waals surface area contributed by atoms with Gasteiger partial charge in [0.05, 0.1) is 13.3 Å². The van der Waals surface area contributed by atoms with Gasteiger partial charge < -0.3 is 23.8 Å². The fourth-order valence-electron chi connectivity index (χ4n) is 1.22. The van der Waals surface area contributed by atoms with E-state index >= 15 is 0 Å². The van der Waals surface area contributed by atoms with Crippen molar-refractivity contribution in [3.63, 3.8) is 0 Å². The van der Waals surface area contributed by atoms with Gasteiger partial charge in [-0.1, -0.05) is 0 Å². The minimum Gasteiger partial charge on any atom is -0.467 e. The standard InChI is InChI=1S/C11H22NO7P/c1-11(2,3)19-10(14)12-8(9(13)16-4)7-20(15,17-5)18-6/h8H,7H2,1-6H3,(H,12,14)/t8-/m0/s1. The Kier molecular flexibility index (Phi) is 7.19. The molecule has 8 nitrogen and oxygen atoms in total. The maximum Gasteiger partial charge on any atom is 0.408 e. The summed E-state index contributed by atoms with van der Waals surface area (Å²) in [6.45, 7) is 5.03. The number of amides is 1. The van der Waals surface area contributed by atoms with Gasteiger partial charge in [0.1, 0.15) is 11.6 Å². The van der Waals surface area contributed by atoms with Gasteiger partial charge in [-0.3, -0.25) is 4.57 Å². The number of rotatable bonds is 6. The number of carbonyl (C=O) groups excluding carboxylic acids is 2. The van der Waals surface area contributed by atoms with E-state index in [4.69, 9.17) is 13.8 Å². The van der Waals surface area contributed by atoms with Crippen molar-refractivity contribution in [3.8, 4) is 0 Å². The van der Waals surface area contributed by atoms with Crippen LogP contribution in [0, 0.1) is 0 Å². The smallest absolute Gasteiger partial charge is 0.408 e. The normalized spacial score (nSPS) is 13.5. The van der Waals surface area contributed by atoms with Crippen LogP contribution in [0.1, 0.15) is 20.8 Å². The van der Waals surface area contributed by atoms with Crippen molar-refractivity contribution in [1.82, 2.24) is 5.32 Å². The maximum atomic E-state index is 12.0. The molecular weight excluding hydrogens is 289 g/mol. The highest BCUT2D eigenvalue weighted by atomic mass is 31.2. The summed E-state index contributed by atoms with van der Waals surface area (Å²) >= 11 is 0. The zero-order valence-corrected chi connectivity index (χ0v) is 13.5. The summed E-state index contributed by atoms with van der Waals surface area (Å²) in [4.78, 5) is 23.2. The number of nitrogens with one attached hydrogen (secondary N) is 1. The van der Waals surface area contributed by atoms with Crippen molar-refractivity contribution in [1.29, 1.82) is 0 Å². The van der Waals surface area contributed by atoms with Gasteiger partial charge in [0, 0.05) is 14.2 Å². The van der Waals surface area contributed by atoms with Crippen molar-refractivity contribution in [2.75, 3.05) is 27.5 Å². The first-order chi connectivity index (χ1) is 9.06. The number of hydrogen-bond acceptors (Lipinski definition) is 7. The largest absolute Gasteiger partial charge is 0.467 e. The lowest BCUT2D eigenvalue weighted by Crippen LogP contribution is -2.46. The molecule has 0 aliphatic rings. The van der Waals surface area contributed by atoms with Gasteiger partial charge in [-0.05, 0) is 20.8 Å². The third-order valence-electron chi connectivity index (χ3n) is 2.14. The zero-order chi connectivity index (χ0) is 16.0. The molecule has 0 saturated carbocycles. The molecule has 0 aromatic heterocycles. The van der Waals surface area contributed by atoms with Gasteiger partial charge >= 0.3 is 19.7 Å². The van der Waals surface area contributed by atoms with E-state index in [1.54, 1.807) is 20.8 Å². The predicted molar refractivity (Wildman–Crippen MR) is 71.7 cm³/mol. The summed E-state index contributed by atoms with van der Waals surface area (Å²) in [5.74, 6) is -0.773. The Morgan fingerprint density at radius 1 is 1.15 bits per heavy atom. The Morgan fingerprint density at radius 2 is 1.65 bits per heavy atom. The van der Waals surface area contributed by atoms with Crippen LogP contribution in [0.3, 0.4) is 0 Å². The third kappa shape index (κ3) is 6.88. The summed E-state index contributed by atoms with van der Waals surface area (Å²) in [6.07, 6.45) is -1.18. The molecule has 20 heavy (non-hydrogen) atoms. The molecule has 0 radical (unpaired) electrons. The third-order valence-corrected chi connectivity index (χ3v) is 4.06. The Morgan fingerprint density at radius 3 is 2.00 bits per heavy atom.